The summed E-state index contributed by atoms with van der Waals surface area (Å²) in [5, 5.41) is 21.5. The molecule has 174 valence electrons. The van der Waals surface area contributed by atoms with Crippen LogP contribution in [0.4, 0.5) is 5.82 Å². The minimum Gasteiger partial charge on any atom is -0.463 e. The number of furan rings is 1. The Hall–Kier alpha value is -4.91. The molecule has 1 amide bonds. The number of nitrogens with two attached hydrogens (primary N) is 1. The molecule has 4 heterocycles. The number of aryl methyl sites for hydroxylation is 2. The van der Waals surface area contributed by atoms with Gasteiger partial charge in [0, 0.05) is 6.54 Å². The number of amides is 1. The number of nitriles is 1. The molecule has 0 spiro atoms. The highest BCUT2D eigenvalue weighted by Gasteiger charge is 2.20. The zero-order valence-electron chi connectivity index (χ0n) is 18.9. The van der Waals surface area contributed by atoms with E-state index < -0.39 is 0 Å². The van der Waals surface area contributed by atoms with Crippen molar-refractivity contribution >= 4 is 22.8 Å². The Balaban J connectivity index is 1.31. The van der Waals surface area contributed by atoms with Crippen LogP contribution in [-0.4, -0.2) is 32.4 Å². The van der Waals surface area contributed by atoms with Crippen LogP contribution in [0.3, 0.4) is 0 Å². The Bertz CT molecular complexity index is 1540. The molecular weight excluding hydrogens is 446 g/mol. The van der Waals surface area contributed by atoms with Gasteiger partial charge in [-0.1, -0.05) is 23.4 Å². The summed E-state index contributed by atoms with van der Waals surface area (Å²) >= 11 is 0. The number of nitrogen functional groups attached to an aromatic ring is 1. The molecule has 5 rings (SSSR count). The molecule has 0 radical (unpaired) electrons. The quantitative estimate of drug-likeness (QED) is 0.343. The highest BCUT2D eigenvalue weighted by atomic mass is 16.5. The lowest BCUT2D eigenvalue weighted by Crippen LogP contribution is -2.25. The summed E-state index contributed by atoms with van der Waals surface area (Å²) in [6.07, 6.45) is 2.57. The zero-order valence-corrected chi connectivity index (χ0v) is 18.9. The lowest BCUT2D eigenvalue weighted by atomic mass is 10.1. The molecule has 10 nitrogen and oxygen atoms in total. The van der Waals surface area contributed by atoms with Crippen LogP contribution in [0.15, 0.2) is 63.7 Å². The fraction of sp³-hybridized carbons (Fsp3) is 0.160. The number of rotatable bonds is 7. The van der Waals surface area contributed by atoms with Gasteiger partial charge in [-0.15, -0.1) is 0 Å². The first kappa shape index (κ1) is 21.9. The average molecular weight is 467 g/mol. The van der Waals surface area contributed by atoms with Crippen LogP contribution in [0.25, 0.3) is 28.2 Å². The second-order valence-corrected chi connectivity index (χ2v) is 7.91. The standard InChI is InChI=1S/C25H21N7O3/c1-15-22-17(13-20(21-10-6-12-34-21)29-25(22)35-31-15)24(33)28-11-5-9-19-18(14-26)23(27)32(30-19)16-7-3-2-4-8-16/h2-4,6-8,10,12-13H,5,9,11,27H2,1H3,(H,28,33). The minimum absolute atomic E-state index is 0.266. The Labute approximate surface area is 200 Å². The predicted molar refractivity (Wildman–Crippen MR) is 128 cm³/mol. The summed E-state index contributed by atoms with van der Waals surface area (Å²) in [7, 11) is 0. The molecule has 0 bridgehead atoms. The maximum atomic E-state index is 13.1. The number of aromatic nitrogens is 4. The van der Waals surface area contributed by atoms with Gasteiger partial charge in [-0.3, -0.25) is 4.79 Å². The van der Waals surface area contributed by atoms with E-state index in [1.165, 1.54) is 6.26 Å². The van der Waals surface area contributed by atoms with E-state index in [1.807, 2.05) is 30.3 Å². The highest BCUT2D eigenvalue weighted by molar-refractivity contribution is 6.06. The third-order valence-corrected chi connectivity index (χ3v) is 5.62. The molecule has 5 aromatic rings. The molecule has 10 heteroatoms. The van der Waals surface area contributed by atoms with Crippen molar-refractivity contribution in [3.8, 4) is 23.2 Å². The van der Waals surface area contributed by atoms with Crippen LogP contribution in [0.1, 0.15) is 33.7 Å². The number of nitrogens with one attached hydrogen (secondary N) is 1. The van der Waals surface area contributed by atoms with Gasteiger partial charge in [0.2, 0.25) is 0 Å². The largest absolute Gasteiger partial charge is 0.463 e. The third kappa shape index (κ3) is 4.11. The van der Waals surface area contributed by atoms with Crippen LogP contribution in [0.2, 0.25) is 0 Å². The second-order valence-electron chi connectivity index (χ2n) is 7.91. The smallest absolute Gasteiger partial charge is 0.259 e. The van der Waals surface area contributed by atoms with Crippen LogP contribution in [0.5, 0.6) is 0 Å². The molecule has 0 aliphatic heterocycles. The number of anilines is 1. The average Bonchev–Trinajstić information content (AvgIpc) is 3.61. The van der Waals surface area contributed by atoms with Gasteiger partial charge in [-0.05, 0) is 50.1 Å². The number of hydrogen-bond acceptors (Lipinski definition) is 8. The molecule has 0 saturated heterocycles. The molecule has 3 N–H and O–H groups in total. The Kier molecular flexibility index (Phi) is 5.73. The number of pyridine rings is 1. The van der Waals surface area contributed by atoms with Crippen molar-refractivity contribution in [3.63, 3.8) is 0 Å². The molecule has 0 unspecified atom stereocenters. The van der Waals surface area contributed by atoms with Crippen molar-refractivity contribution in [1.82, 2.24) is 25.2 Å². The number of carbonyl (C=O) groups is 1. The maximum Gasteiger partial charge on any atom is 0.259 e. The number of fused-ring (bicyclic) bond motifs is 1. The SMILES string of the molecule is Cc1noc2nc(-c3ccco3)cc(C(=O)NCCCc3nn(-c4ccccc4)c(N)c3C#N)c12. The molecule has 0 saturated carbocycles. The Morgan fingerprint density at radius 3 is 2.80 bits per heavy atom. The fourth-order valence-electron chi connectivity index (χ4n) is 3.92. The fourth-order valence-corrected chi connectivity index (χ4v) is 3.92. The van der Waals surface area contributed by atoms with Gasteiger partial charge in [-0.25, -0.2) is 9.67 Å². The molecule has 35 heavy (non-hydrogen) atoms. The van der Waals surface area contributed by atoms with E-state index >= 15 is 0 Å². The van der Waals surface area contributed by atoms with Crippen molar-refractivity contribution in [1.29, 1.82) is 5.26 Å². The summed E-state index contributed by atoms with van der Waals surface area (Å²) in [6.45, 7) is 2.12. The van der Waals surface area contributed by atoms with E-state index in [0.717, 1.165) is 5.69 Å². The van der Waals surface area contributed by atoms with E-state index in [4.69, 9.17) is 14.7 Å². The molecule has 0 atom stereocenters. The maximum absolute atomic E-state index is 13.1. The van der Waals surface area contributed by atoms with Crippen LogP contribution < -0.4 is 11.1 Å². The monoisotopic (exact) mass is 467 g/mol. The van der Waals surface area contributed by atoms with Gasteiger partial charge in [0.05, 0.1) is 34.3 Å². The summed E-state index contributed by atoms with van der Waals surface area (Å²) < 4.78 is 12.3. The molecule has 0 aliphatic carbocycles. The van der Waals surface area contributed by atoms with Gasteiger partial charge in [0.15, 0.2) is 5.76 Å². The van der Waals surface area contributed by atoms with Crippen molar-refractivity contribution < 1.29 is 13.7 Å². The van der Waals surface area contributed by atoms with E-state index in [9.17, 15) is 10.1 Å². The van der Waals surface area contributed by atoms with Crippen molar-refractivity contribution in [2.24, 2.45) is 0 Å². The van der Waals surface area contributed by atoms with Crippen LogP contribution >= 0.6 is 0 Å². The van der Waals surface area contributed by atoms with Gasteiger partial charge in [-0.2, -0.15) is 10.4 Å². The van der Waals surface area contributed by atoms with Gasteiger partial charge in [0.25, 0.3) is 11.6 Å². The van der Waals surface area contributed by atoms with Crippen molar-refractivity contribution in [3.05, 3.63) is 77.3 Å². The van der Waals surface area contributed by atoms with E-state index in [-0.39, 0.29) is 11.6 Å². The van der Waals surface area contributed by atoms with Crippen LogP contribution in [0, 0.1) is 18.3 Å². The molecule has 0 fully saturated rings. The first-order chi connectivity index (χ1) is 17.1. The van der Waals surface area contributed by atoms with E-state index in [0.29, 0.717) is 64.6 Å². The summed E-state index contributed by atoms with van der Waals surface area (Å²) in [5.74, 6) is 0.530. The molecule has 4 aromatic heterocycles. The first-order valence-corrected chi connectivity index (χ1v) is 11.0. The zero-order chi connectivity index (χ0) is 24.4. The number of carbonyl (C=O) groups excluding carboxylic acids is 1. The summed E-state index contributed by atoms with van der Waals surface area (Å²) in [4.78, 5) is 17.5. The lowest BCUT2D eigenvalue weighted by Gasteiger charge is -2.07. The predicted octanol–water partition coefficient (Wildman–Crippen LogP) is 3.79. The van der Waals surface area contributed by atoms with Crippen LogP contribution in [-0.2, 0) is 6.42 Å². The number of nitrogens with zero attached hydrogens (tertiary/aromatic N) is 5. The third-order valence-electron chi connectivity index (χ3n) is 5.62. The number of hydrogen-bond donors (Lipinski definition) is 2. The van der Waals surface area contributed by atoms with Gasteiger partial charge < -0.3 is 20.0 Å². The minimum atomic E-state index is -0.286. The Morgan fingerprint density at radius 1 is 1.23 bits per heavy atom. The van der Waals surface area contributed by atoms with Gasteiger partial charge >= 0.3 is 0 Å². The normalized spacial score (nSPS) is 11.0. The molecule has 0 aliphatic rings. The van der Waals surface area contributed by atoms with Crippen molar-refractivity contribution in [2.45, 2.75) is 19.8 Å². The topological polar surface area (TPSA) is 149 Å². The van der Waals surface area contributed by atoms with E-state index in [2.05, 4.69) is 26.6 Å². The number of para-hydroxylation sites is 1. The molecular formula is C25H21N7O3. The first-order valence-electron chi connectivity index (χ1n) is 11.0. The van der Waals surface area contributed by atoms with Gasteiger partial charge in [0.1, 0.15) is 23.1 Å². The second kappa shape index (κ2) is 9.15. The van der Waals surface area contributed by atoms with Crippen molar-refractivity contribution in [2.75, 3.05) is 12.3 Å². The number of benzene rings is 1. The molecule has 1 aromatic carbocycles. The summed E-state index contributed by atoms with van der Waals surface area (Å²) in [5.41, 5.74) is 9.59. The lowest BCUT2D eigenvalue weighted by molar-refractivity contribution is 0.0954. The summed E-state index contributed by atoms with van der Waals surface area (Å²) in [6, 6.07) is 16.7. The highest BCUT2D eigenvalue weighted by Crippen LogP contribution is 2.27. The Morgan fingerprint density at radius 2 is 2.06 bits per heavy atom. The van der Waals surface area contributed by atoms with E-state index in [1.54, 1.807) is 29.8 Å².